The highest BCUT2D eigenvalue weighted by Crippen LogP contribution is 2.20. The molecule has 3 heteroatoms. The van der Waals surface area contributed by atoms with Gasteiger partial charge in [-0.2, -0.15) is 0 Å². The fraction of sp³-hybridized carbons (Fsp3) is 0.370. The summed E-state index contributed by atoms with van der Waals surface area (Å²) in [6.07, 6.45) is 4.86. The van der Waals surface area contributed by atoms with Crippen molar-refractivity contribution in [2.24, 2.45) is 0 Å². The van der Waals surface area contributed by atoms with E-state index in [2.05, 4.69) is 60.4 Å². The number of carbonyl (C=O) groups is 1. The first kappa shape index (κ1) is 22.2. The predicted octanol–water partition coefficient (Wildman–Crippen LogP) is 5.64. The Hall–Kier alpha value is -2.49. The molecule has 0 aliphatic carbocycles. The summed E-state index contributed by atoms with van der Waals surface area (Å²) < 4.78 is 0. The van der Waals surface area contributed by atoms with Crippen LogP contribution in [-0.2, 0) is 13.0 Å². The second kappa shape index (κ2) is 11.6. The SMILES string of the molecule is CCN(CCO)Cc1ccc2cc(C(=O)CCCCCc3ccccc3)ccc2c1. The van der Waals surface area contributed by atoms with E-state index in [1.165, 1.54) is 11.1 Å². The Labute approximate surface area is 180 Å². The van der Waals surface area contributed by atoms with Crippen LogP contribution in [0.25, 0.3) is 10.8 Å². The Morgan fingerprint density at radius 3 is 2.40 bits per heavy atom. The van der Waals surface area contributed by atoms with E-state index in [0.717, 1.165) is 55.1 Å². The van der Waals surface area contributed by atoms with E-state index < -0.39 is 0 Å². The van der Waals surface area contributed by atoms with Crippen LogP contribution >= 0.6 is 0 Å². The highest BCUT2D eigenvalue weighted by Gasteiger charge is 2.08. The summed E-state index contributed by atoms with van der Waals surface area (Å²) in [5.74, 6) is 0.237. The summed E-state index contributed by atoms with van der Waals surface area (Å²) in [6.45, 7) is 4.72. The molecule has 3 rings (SSSR count). The van der Waals surface area contributed by atoms with Crippen LogP contribution in [0, 0.1) is 0 Å². The number of benzene rings is 3. The number of carbonyl (C=O) groups excluding carboxylic acids is 1. The number of nitrogens with zero attached hydrogens (tertiary/aromatic N) is 1. The molecule has 1 N–H and O–H groups in total. The van der Waals surface area contributed by atoms with Gasteiger partial charge in [0.1, 0.15) is 0 Å². The second-order valence-corrected chi connectivity index (χ2v) is 7.96. The van der Waals surface area contributed by atoms with Crippen LogP contribution in [0.2, 0.25) is 0 Å². The smallest absolute Gasteiger partial charge is 0.162 e. The first-order valence-electron chi connectivity index (χ1n) is 11.1. The number of fused-ring (bicyclic) bond motifs is 1. The maximum absolute atomic E-state index is 12.6. The summed E-state index contributed by atoms with van der Waals surface area (Å²) in [6, 6.07) is 23.0. The number of unbranched alkanes of at least 4 members (excludes halogenated alkanes) is 2. The number of ketones is 1. The minimum Gasteiger partial charge on any atom is -0.395 e. The van der Waals surface area contributed by atoms with Gasteiger partial charge in [-0.3, -0.25) is 9.69 Å². The normalized spacial score (nSPS) is 11.3. The molecule has 0 aliphatic rings. The van der Waals surface area contributed by atoms with Gasteiger partial charge in [0.15, 0.2) is 5.78 Å². The third-order valence-electron chi connectivity index (χ3n) is 5.71. The van der Waals surface area contributed by atoms with Crippen LogP contribution in [0.15, 0.2) is 66.7 Å². The number of hydrogen-bond acceptors (Lipinski definition) is 3. The molecule has 30 heavy (non-hydrogen) atoms. The zero-order valence-corrected chi connectivity index (χ0v) is 18.0. The zero-order valence-electron chi connectivity index (χ0n) is 18.0. The van der Waals surface area contributed by atoms with Crippen LogP contribution < -0.4 is 0 Å². The number of hydrogen-bond donors (Lipinski definition) is 1. The summed E-state index contributed by atoms with van der Waals surface area (Å²) in [4.78, 5) is 14.8. The van der Waals surface area contributed by atoms with E-state index in [-0.39, 0.29) is 12.4 Å². The molecule has 0 unspecified atom stereocenters. The van der Waals surface area contributed by atoms with E-state index in [1.807, 2.05) is 18.2 Å². The second-order valence-electron chi connectivity index (χ2n) is 7.96. The summed E-state index contributed by atoms with van der Waals surface area (Å²) in [5.41, 5.74) is 3.42. The van der Waals surface area contributed by atoms with Gasteiger partial charge in [-0.1, -0.05) is 67.9 Å². The van der Waals surface area contributed by atoms with Crippen LogP contribution in [0.1, 0.15) is 54.1 Å². The van der Waals surface area contributed by atoms with Crippen molar-refractivity contribution in [1.82, 2.24) is 4.90 Å². The Balaban J connectivity index is 1.51. The van der Waals surface area contributed by atoms with Crippen molar-refractivity contribution in [2.45, 2.75) is 45.6 Å². The lowest BCUT2D eigenvalue weighted by atomic mass is 9.99. The molecule has 158 valence electrons. The van der Waals surface area contributed by atoms with E-state index in [4.69, 9.17) is 0 Å². The minimum absolute atomic E-state index is 0.180. The molecule has 0 saturated heterocycles. The van der Waals surface area contributed by atoms with Gasteiger partial charge >= 0.3 is 0 Å². The molecule has 0 fully saturated rings. The molecule has 0 heterocycles. The summed E-state index contributed by atoms with van der Waals surface area (Å²) in [5, 5.41) is 11.4. The fourth-order valence-corrected chi connectivity index (χ4v) is 3.90. The lowest BCUT2D eigenvalue weighted by Gasteiger charge is -2.19. The number of aliphatic hydroxyl groups excluding tert-OH is 1. The maximum atomic E-state index is 12.6. The largest absolute Gasteiger partial charge is 0.395 e. The summed E-state index contributed by atoms with van der Waals surface area (Å²) in [7, 11) is 0. The highest BCUT2D eigenvalue weighted by atomic mass is 16.3. The highest BCUT2D eigenvalue weighted by molar-refractivity contribution is 6.00. The molecule has 0 spiro atoms. The maximum Gasteiger partial charge on any atom is 0.162 e. The van der Waals surface area contributed by atoms with Crippen molar-refractivity contribution >= 4 is 16.6 Å². The average molecular weight is 404 g/mol. The number of aliphatic hydroxyl groups is 1. The molecule has 3 aromatic carbocycles. The quantitative estimate of drug-likeness (QED) is 0.314. The monoisotopic (exact) mass is 403 g/mol. The Morgan fingerprint density at radius 1 is 0.867 bits per heavy atom. The molecule has 0 radical (unpaired) electrons. The first-order chi connectivity index (χ1) is 14.7. The lowest BCUT2D eigenvalue weighted by Crippen LogP contribution is -2.26. The van der Waals surface area contributed by atoms with Gasteiger partial charge in [-0.15, -0.1) is 0 Å². The van der Waals surface area contributed by atoms with E-state index >= 15 is 0 Å². The van der Waals surface area contributed by atoms with Crippen LogP contribution in [-0.4, -0.2) is 35.5 Å². The average Bonchev–Trinajstić information content (AvgIpc) is 2.78. The van der Waals surface area contributed by atoms with Crippen molar-refractivity contribution < 1.29 is 9.90 Å². The Morgan fingerprint density at radius 2 is 1.63 bits per heavy atom. The molecule has 3 nitrogen and oxygen atoms in total. The number of likely N-dealkylation sites (N-methyl/N-ethyl adjacent to an activating group) is 1. The van der Waals surface area contributed by atoms with E-state index in [9.17, 15) is 9.90 Å². The molecule has 3 aromatic rings. The fourth-order valence-electron chi connectivity index (χ4n) is 3.90. The van der Waals surface area contributed by atoms with Crippen LogP contribution in [0.4, 0.5) is 0 Å². The first-order valence-corrected chi connectivity index (χ1v) is 11.1. The van der Waals surface area contributed by atoms with Crippen molar-refractivity contribution in [3.05, 3.63) is 83.4 Å². The molecule has 0 bridgehead atoms. The van der Waals surface area contributed by atoms with Crippen molar-refractivity contribution in [1.29, 1.82) is 0 Å². The van der Waals surface area contributed by atoms with Gasteiger partial charge in [0.25, 0.3) is 0 Å². The van der Waals surface area contributed by atoms with Crippen molar-refractivity contribution in [2.75, 3.05) is 19.7 Å². The molecule has 0 amide bonds. The molecule has 0 aromatic heterocycles. The van der Waals surface area contributed by atoms with Crippen molar-refractivity contribution in [3.63, 3.8) is 0 Å². The third kappa shape index (κ3) is 6.51. The molecule has 0 aliphatic heterocycles. The molecular weight excluding hydrogens is 370 g/mol. The van der Waals surface area contributed by atoms with Gasteiger partial charge in [-0.05, 0) is 59.8 Å². The van der Waals surface area contributed by atoms with Gasteiger partial charge < -0.3 is 5.11 Å². The number of Topliss-reactive ketones (excluding diaryl/α,β-unsaturated/α-hetero) is 1. The summed E-state index contributed by atoms with van der Waals surface area (Å²) >= 11 is 0. The minimum atomic E-state index is 0.180. The molecular formula is C27H33NO2. The zero-order chi connectivity index (χ0) is 21.2. The van der Waals surface area contributed by atoms with E-state index in [1.54, 1.807) is 0 Å². The van der Waals surface area contributed by atoms with Crippen LogP contribution in [0.5, 0.6) is 0 Å². The lowest BCUT2D eigenvalue weighted by molar-refractivity contribution is 0.0979. The standard InChI is InChI=1S/C27H33NO2/c1-2-28(17-18-29)21-23-13-14-25-20-26(16-15-24(25)19-23)27(30)12-8-4-7-11-22-9-5-3-6-10-22/h3,5-6,9-10,13-16,19-20,29H,2,4,7-8,11-12,17-18,21H2,1H3. The predicted molar refractivity (Wildman–Crippen MR) is 125 cm³/mol. The van der Waals surface area contributed by atoms with Crippen molar-refractivity contribution in [3.8, 4) is 0 Å². The number of aryl methyl sites for hydroxylation is 1. The van der Waals surface area contributed by atoms with Gasteiger partial charge in [0.05, 0.1) is 6.61 Å². The molecule has 0 atom stereocenters. The van der Waals surface area contributed by atoms with Gasteiger partial charge in [0, 0.05) is 25.1 Å². The topological polar surface area (TPSA) is 40.5 Å². The van der Waals surface area contributed by atoms with Gasteiger partial charge in [-0.25, -0.2) is 0 Å². The van der Waals surface area contributed by atoms with Crippen LogP contribution in [0.3, 0.4) is 0 Å². The number of rotatable bonds is 12. The molecule has 0 saturated carbocycles. The Kier molecular flexibility index (Phi) is 8.61. The Bertz CT molecular complexity index is 936. The third-order valence-corrected chi connectivity index (χ3v) is 5.71. The van der Waals surface area contributed by atoms with E-state index in [0.29, 0.717) is 13.0 Å². The van der Waals surface area contributed by atoms with Gasteiger partial charge in [0.2, 0.25) is 0 Å².